The number of aliphatic hydroxyl groups excluding tert-OH is 7. The van der Waals surface area contributed by atoms with Gasteiger partial charge in [-0.25, -0.2) is 0 Å². The molecule has 0 bridgehead atoms. The van der Waals surface area contributed by atoms with Crippen molar-refractivity contribution in [3.05, 3.63) is 0 Å². The van der Waals surface area contributed by atoms with Crippen LogP contribution in [0.1, 0.15) is 20.3 Å². The molecule has 0 aromatic carbocycles. The molecule has 0 spiro atoms. The molecule has 3 aliphatic rings. The van der Waals surface area contributed by atoms with Gasteiger partial charge in [0, 0.05) is 18.6 Å². The monoisotopic (exact) mass is 626 g/mol. The van der Waals surface area contributed by atoms with E-state index >= 15 is 0 Å². The van der Waals surface area contributed by atoms with Crippen LogP contribution in [0.5, 0.6) is 0 Å². The molecule has 0 aromatic heterocycles. The van der Waals surface area contributed by atoms with Gasteiger partial charge >= 0.3 is 0 Å². The fraction of sp³-hybridized carbons (Fsp3) is 0.917. The number of amides is 2. The zero-order valence-corrected chi connectivity index (χ0v) is 23.8. The van der Waals surface area contributed by atoms with E-state index in [2.05, 4.69) is 10.6 Å². The lowest BCUT2D eigenvalue weighted by molar-refractivity contribution is -0.332. The Kier molecular flexibility index (Phi) is 12.6. The van der Waals surface area contributed by atoms with E-state index in [4.69, 9.17) is 41.9 Å². The summed E-state index contributed by atoms with van der Waals surface area (Å²) in [5.41, 5.74) is 23.6. The molecule has 2 heterocycles. The molecular formula is C24H46N6O13. The molecule has 17 N–H and O–H groups in total. The fourth-order valence-electron chi connectivity index (χ4n) is 5.14. The number of hydrogen-bond donors (Lipinski definition) is 13. The highest BCUT2D eigenvalue weighted by atomic mass is 16.7. The van der Waals surface area contributed by atoms with Crippen molar-refractivity contribution in [1.29, 1.82) is 0 Å². The first-order valence-electron chi connectivity index (χ1n) is 14.0. The largest absolute Gasteiger partial charge is 0.394 e. The molecule has 19 nitrogen and oxygen atoms in total. The quantitative estimate of drug-likeness (QED) is 0.107. The number of rotatable bonds is 10. The van der Waals surface area contributed by atoms with Crippen molar-refractivity contribution < 1.29 is 64.3 Å². The predicted molar refractivity (Wildman–Crippen MR) is 143 cm³/mol. The van der Waals surface area contributed by atoms with E-state index < -0.39 is 122 Å². The van der Waals surface area contributed by atoms with Gasteiger partial charge in [-0.15, -0.1) is 0 Å². The first-order valence-corrected chi connectivity index (χ1v) is 14.0. The number of nitrogens with two attached hydrogens (primary N) is 4. The molecule has 3 fully saturated rings. The molecule has 2 amide bonds. The molecule has 17 atom stereocenters. The van der Waals surface area contributed by atoms with Gasteiger partial charge in [0.05, 0.1) is 18.7 Å². The van der Waals surface area contributed by atoms with Crippen LogP contribution in [0.15, 0.2) is 0 Å². The summed E-state index contributed by atoms with van der Waals surface area (Å²) >= 11 is 0. The smallest absolute Gasteiger partial charge is 0.242 e. The van der Waals surface area contributed by atoms with Crippen molar-refractivity contribution >= 4 is 11.8 Å². The lowest BCUT2D eigenvalue weighted by Gasteiger charge is -2.48. The van der Waals surface area contributed by atoms with Crippen molar-refractivity contribution in [3.63, 3.8) is 0 Å². The normalized spacial score (nSPS) is 45.2. The van der Waals surface area contributed by atoms with Gasteiger partial charge in [0.15, 0.2) is 12.6 Å². The third-order valence-electron chi connectivity index (χ3n) is 7.89. The molecule has 0 aromatic rings. The highest BCUT2D eigenvalue weighted by molar-refractivity contribution is 5.89. The second-order valence-electron chi connectivity index (χ2n) is 11.3. The maximum absolute atomic E-state index is 12.4. The summed E-state index contributed by atoms with van der Waals surface area (Å²) in [6, 6.07) is -4.94. The topological polar surface area (TPSA) is 341 Å². The Labute approximate surface area is 247 Å². The Bertz CT molecular complexity index is 936. The van der Waals surface area contributed by atoms with E-state index in [9.17, 15) is 45.3 Å². The van der Waals surface area contributed by atoms with Gasteiger partial charge < -0.3 is 88.3 Å². The number of carbonyl (C=O) groups excluding carboxylic acids is 2. The average Bonchev–Trinajstić information content (AvgIpc) is 2.96. The van der Waals surface area contributed by atoms with E-state index in [1.54, 1.807) is 0 Å². The Morgan fingerprint density at radius 3 is 1.86 bits per heavy atom. The molecule has 0 unspecified atom stereocenters. The van der Waals surface area contributed by atoms with Crippen LogP contribution < -0.4 is 33.6 Å². The van der Waals surface area contributed by atoms with Gasteiger partial charge in [-0.1, -0.05) is 0 Å². The molecule has 1 saturated carbocycles. The van der Waals surface area contributed by atoms with E-state index in [1.807, 2.05) is 0 Å². The van der Waals surface area contributed by atoms with Crippen LogP contribution in [0.3, 0.4) is 0 Å². The summed E-state index contributed by atoms with van der Waals surface area (Å²) in [6.07, 6.45) is -18.1. The lowest BCUT2D eigenvalue weighted by atomic mass is 9.84. The lowest BCUT2D eigenvalue weighted by Crippen LogP contribution is -2.68. The molecule has 1 aliphatic carbocycles. The summed E-state index contributed by atoms with van der Waals surface area (Å²) in [5.74, 6) is -1.21. The maximum atomic E-state index is 12.4. The minimum Gasteiger partial charge on any atom is -0.394 e. The summed E-state index contributed by atoms with van der Waals surface area (Å²) < 4.78 is 22.6. The van der Waals surface area contributed by atoms with Crippen molar-refractivity contribution in [2.24, 2.45) is 22.9 Å². The van der Waals surface area contributed by atoms with E-state index in [0.29, 0.717) is 0 Å². The second kappa shape index (κ2) is 15.1. The van der Waals surface area contributed by atoms with Crippen LogP contribution in [-0.2, 0) is 28.5 Å². The SMILES string of the molecule is C[C@H](N)C(=O)N[C@@H](C)C(=O)NC[C@H]1O[C@H](O[C@H]2[C@@H](O)[C@@H](O[C@H]3O[C@@H](CO)[C@@H](O)[C@H](N)[C@@H]3O)[C@H](N)C[C@@H]2N)[C@H](O)[C@H](O)[C@@H]1O. The van der Waals surface area contributed by atoms with Gasteiger partial charge in [0.25, 0.3) is 0 Å². The third-order valence-corrected chi connectivity index (χ3v) is 7.89. The van der Waals surface area contributed by atoms with Crippen LogP contribution in [0.2, 0.25) is 0 Å². The zero-order valence-electron chi connectivity index (χ0n) is 23.8. The molecule has 19 heteroatoms. The van der Waals surface area contributed by atoms with Crippen LogP contribution in [0.25, 0.3) is 0 Å². The molecule has 43 heavy (non-hydrogen) atoms. The van der Waals surface area contributed by atoms with Gasteiger partial charge in [-0.3, -0.25) is 9.59 Å². The first kappa shape index (κ1) is 35.8. The minimum absolute atomic E-state index is 0.00578. The zero-order chi connectivity index (χ0) is 32.3. The van der Waals surface area contributed by atoms with Gasteiger partial charge in [0.2, 0.25) is 11.8 Å². The Morgan fingerprint density at radius 2 is 1.33 bits per heavy atom. The number of ether oxygens (including phenoxy) is 4. The highest BCUT2D eigenvalue weighted by Crippen LogP contribution is 2.31. The van der Waals surface area contributed by atoms with Crippen molar-refractivity contribution in [2.45, 2.75) is 124 Å². The molecule has 3 rings (SSSR count). The van der Waals surface area contributed by atoms with Crippen LogP contribution in [0, 0.1) is 0 Å². The summed E-state index contributed by atoms with van der Waals surface area (Å²) in [6.45, 7) is 1.85. The van der Waals surface area contributed by atoms with Gasteiger partial charge in [-0.05, 0) is 20.3 Å². The summed E-state index contributed by atoms with van der Waals surface area (Å²) in [7, 11) is 0. The minimum atomic E-state index is -1.81. The Hall–Kier alpha value is -1.66. The molecular weight excluding hydrogens is 580 g/mol. The first-order chi connectivity index (χ1) is 20.1. The van der Waals surface area contributed by atoms with Crippen molar-refractivity contribution in [2.75, 3.05) is 13.2 Å². The van der Waals surface area contributed by atoms with Crippen LogP contribution in [-0.4, -0.2) is 165 Å². The van der Waals surface area contributed by atoms with Crippen LogP contribution in [0.4, 0.5) is 0 Å². The standard InChI is InChI=1S/C24H46N6O13/c1-6(25)21(38)30-7(2)22(39)29-4-10-14(33)16(35)17(36)24(40-10)43-20-9(27)3-8(26)19(18(20)37)42-23-15(34)12(28)13(32)11(5-31)41-23/h6-20,23-24,31-37H,3-5,25-28H2,1-2H3,(H,29,39)(H,30,38)/t6-,7-,8+,9-,10+,11-,12-,13+,14+,15-,16+,17+,18-,19-,20+,23+,24+/m0/s1. The Balaban J connectivity index is 1.67. The second-order valence-corrected chi connectivity index (χ2v) is 11.3. The molecule has 0 radical (unpaired) electrons. The van der Waals surface area contributed by atoms with E-state index in [-0.39, 0.29) is 13.0 Å². The number of aliphatic hydroxyl groups is 7. The summed E-state index contributed by atoms with van der Waals surface area (Å²) in [5, 5.41) is 77.5. The van der Waals surface area contributed by atoms with Crippen LogP contribution >= 0.6 is 0 Å². The fourth-order valence-corrected chi connectivity index (χ4v) is 5.14. The maximum Gasteiger partial charge on any atom is 0.242 e. The average molecular weight is 627 g/mol. The number of carbonyl (C=O) groups is 2. The number of hydrogen-bond acceptors (Lipinski definition) is 17. The van der Waals surface area contributed by atoms with Crippen molar-refractivity contribution in [1.82, 2.24) is 10.6 Å². The van der Waals surface area contributed by atoms with Crippen molar-refractivity contribution in [3.8, 4) is 0 Å². The molecule has 2 saturated heterocycles. The van der Waals surface area contributed by atoms with E-state index in [0.717, 1.165) is 0 Å². The van der Waals surface area contributed by atoms with Gasteiger partial charge in [-0.2, -0.15) is 0 Å². The Morgan fingerprint density at radius 1 is 0.791 bits per heavy atom. The molecule has 250 valence electrons. The number of nitrogens with one attached hydrogen (secondary N) is 2. The highest BCUT2D eigenvalue weighted by Gasteiger charge is 2.51. The van der Waals surface area contributed by atoms with E-state index in [1.165, 1.54) is 13.8 Å². The summed E-state index contributed by atoms with van der Waals surface area (Å²) in [4.78, 5) is 24.2. The van der Waals surface area contributed by atoms with Gasteiger partial charge in [0.1, 0.15) is 67.1 Å². The molecule has 2 aliphatic heterocycles. The third kappa shape index (κ3) is 8.14. The predicted octanol–water partition coefficient (Wildman–Crippen LogP) is -8.28.